The summed E-state index contributed by atoms with van der Waals surface area (Å²) in [5.41, 5.74) is 0.171. The van der Waals surface area contributed by atoms with Crippen LogP contribution in [0.4, 0.5) is 0 Å². The van der Waals surface area contributed by atoms with Crippen molar-refractivity contribution in [3.63, 3.8) is 0 Å². The molecule has 0 heterocycles. The molecule has 0 bridgehead atoms. The number of hydrogen-bond acceptors (Lipinski definition) is 8. The number of aromatic carboxylic acids is 2. The lowest BCUT2D eigenvalue weighted by Gasteiger charge is -2.26. The highest BCUT2D eigenvalue weighted by molar-refractivity contribution is 5.88. The molecule has 38 heavy (non-hydrogen) atoms. The van der Waals surface area contributed by atoms with E-state index < -0.39 is 37.0 Å². The molecular formula is C22H31ClN2O13. The first kappa shape index (κ1) is 38.5. The first-order valence-electron chi connectivity index (χ1n) is 9.95. The highest BCUT2D eigenvalue weighted by atomic mass is 35.5. The molecule has 0 spiro atoms. The predicted molar refractivity (Wildman–Crippen MR) is 134 cm³/mol. The quantitative estimate of drug-likeness (QED) is 0.168. The van der Waals surface area contributed by atoms with E-state index in [1.807, 2.05) is 0 Å². The zero-order chi connectivity index (χ0) is 25.4. The lowest BCUT2D eigenvalue weighted by molar-refractivity contribution is -0.140. The largest absolute Gasteiger partial charge is 0.508 e. The first-order valence-corrected chi connectivity index (χ1v) is 9.95. The summed E-state index contributed by atoms with van der Waals surface area (Å²) < 4.78 is 0. The minimum absolute atomic E-state index is 0. The normalized spacial score (nSPS) is 9.84. The van der Waals surface area contributed by atoms with Crippen LogP contribution in [0.3, 0.4) is 0 Å². The number of benzene rings is 2. The maximum Gasteiger partial charge on any atom is 0.335 e. The predicted octanol–water partition coefficient (Wildman–Crippen LogP) is -1.08. The second-order valence-electron chi connectivity index (χ2n) is 7.51. The van der Waals surface area contributed by atoms with E-state index in [9.17, 15) is 39.6 Å². The van der Waals surface area contributed by atoms with E-state index in [1.54, 1.807) is 0 Å². The van der Waals surface area contributed by atoms with Crippen LogP contribution in [-0.4, -0.2) is 107 Å². The molecule has 0 saturated heterocycles. The number of nitrogens with zero attached hydrogens (tertiary/aromatic N) is 2. The number of halogens is 1. The van der Waals surface area contributed by atoms with Gasteiger partial charge >= 0.3 is 23.9 Å². The molecule has 0 aliphatic rings. The molecule has 0 aliphatic carbocycles. The van der Waals surface area contributed by atoms with E-state index in [2.05, 4.69) is 0 Å². The monoisotopic (exact) mass is 566 g/mol. The van der Waals surface area contributed by atoms with Crippen LogP contribution in [0.5, 0.6) is 11.5 Å². The van der Waals surface area contributed by atoms with Crippen molar-refractivity contribution in [2.45, 2.75) is 13.1 Å². The van der Waals surface area contributed by atoms with Gasteiger partial charge in [0.05, 0.1) is 24.2 Å². The Bertz CT molecular complexity index is 1010. The summed E-state index contributed by atoms with van der Waals surface area (Å²) >= 11 is 0. The Balaban J connectivity index is -0.00000306. The molecule has 2 aromatic carbocycles. The van der Waals surface area contributed by atoms with Gasteiger partial charge in [0.25, 0.3) is 0 Å². The number of carboxylic acids is 4. The number of aromatic hydroxyl groups is 2. The van der Waals surface area contributed by atoms with Gasteiger partial charge in [-0.15, -0.1) is 12.4 Å². The molecule has 15 nitrogen and oxygen atoms in total. The molecule has 0 radical (unpaired) electrons. The molecule has 0 aliphatic heterocycles. The number of rotatable bonds is 13. The van der Waals surface area contributed by atoms with Crippen LogP contribution in [0.15, 0.2) is 36.4 Å². The van der Waals surface area contributed by atoms with Gasteiger partial charge in [-0.05, 0) is 36.4 Å². The highest BCUT2D eigenvalue weighted by Gasteiger charge is 2.19. The standard InChI is InChI=1S/C22H24N2O10.ClH.3H2O/c25-17-3-1-13(21(31)32)7-15(17)9-23(11-19(27)28)5-6-24(12-20(29)30)10-16-8-14(22(33)34)2-4-18(16)26;;;;/h1-4,7-8,25-26H,5-6,9-12H2,(H,27,28)(H,29,30)(H,31,32)(H,33,34);1H;3*1H2. The summed E-state index contributed by atoms with van der Waals surface area (Å²) in [6.07, 6.45) is 0. The van der Waals surface area contributed by atoms with Gasteiger partial charge < -0.3 is 47.1 Å². The van der Waals surface area contributed by atoms with E-state index >= 15 is 0 Å². The van der Waals surface area contributed by atoms with Crippen LogP contribution in [0.25, 0.3) is 0 Å². The fraction of sp³-hybridized carbons (Fsp3) is 0.273. The van der Waals surface area contributed by atoms with Gasteiger partial charge in [-0.25, -0.2) is 9.59 Å². The van der Waals surface area contributed by atoms with E-state index in [-0.39, 0.29) is 88.8 Å². The van der Waals surface area contributed by atoms with E-state index in [1.165, 1.54) is 46.2 Å². The van der Waals surface area contributed by atoms with E-state index in [0.717, 1.165) is 0 Å². The van der Waals surface area contributed by atoms with Crippen LogP contribution in [0.1, 0.15) is 31.8 Å². The fourth-order valence-corrected chi connectivity index (χ4v) is 3.27. The van der Waals surface area contributed by atoms with E-state index in [0.29, 0.717) is 0 Å². The maximum absolute atomic E-state index is 11.3. The van der Waals surface area contributed by atoms with Gasteiger partial charge in [0, 0.05) is 37.3 Å². The average molecular weight is 567 g/mol. The minimum Gasteiger partial charge on any atom is -0.508 e. The summed E-state index contributed by atoms with van der Waals surface area (Å²) in [6.45, 7) is -1.18. The second kappa shape index (κ2) is 17.5. The second-order valence-corrected chi connectivity index (χ2v) is 7.51. The Morgan fingerprint density at radius 3 is 1.18 bits per heavy atom. The zero-order valence-corrected chi connectivity index (χ0v) is 20.6. The number of aliphatic carboxylic acids is 2. The molecule has 2 aromatic rings. The molecule has 0 fully saturated rings. The summed E-state index contributed by atoms with van der Waals surface area (Å²) in [5, 5.41) is 56.9. The van der Waals surface area contributed by atoms with Crippen LogP contribution in [0, 0.1) is 0 Å². The van der Waals surface area contributed by atoms with Crippen molar-refractivity contribution >= 4 is 36.3 Å². The van der Waals surface area contributed by atoms with Gasteiger partial charge in [0.1, 0.15) is 11.5 Å². The van der Waals surface area contributed by atoms with Crippen molar-refractivity contribution in [2.75, 3.05) is 26.2 Å². The molecule has 0 amide bonds. The lowest BCUT2D eigenvalue weighted by atomic mass is 10.1. The topological polar surface area (TPSA) is 291 Å². The summed E-state index contributed by atoms with van der Waals surface area (Å²) in [5.74, 6) is -5.27. The van der Waals surface area contributed by atoms with Crippen LogP contribution >= 0.6 is 12.4 Å². The van der Waals surface area contributed by atoms with Gasteiger partial charge in [0.2, 0.25) is 0 Å². The molecule has 0 saturated carbocycles. The highest BCUT2D eigenvalue weighted by Crippen LogP contribution is 2.22. The average Bonchev–Trinajstić information content (AvgIpc) is 2.73. The number of carbonyl (C=O) groups is 4. The third-order valence-corrected chi connectivity index (χ3v) is 4.89. The number of hydrogen-bond donors (Lipinski definition) is 6. The Labute approximate surface area is 222 Å². The Morgan fingerprint density at radius 2 is 0.921 bits per heavy atom. The fourth-order valence-electron chi connectivity index (χ4n) is 3.27. The molecule has 16 heteroatoms. The van der Waals surface area contributed by atoms with Gasteiger partial charge in [0.15, 0.2) is 0 Å². The smallest absolute Gasteiger partial charge is 0.335 e. The first-order chi connectivity index (χ1) is 16.0. The molecule has 0 unspecified atom stereocenters. The third-order valence-electron chi connectivity index (χ3n) is 4.89. The Hall–Kier alpha value is -3.99. The maximum atomic E-state index is 11.3. The number of phenolic OH excluding ortho intramolecular Hbond substituents is 2. The Morgan fingerprint density at radius 1 is 0.605 bits per heavy atom. The lowest BCUT2D eigenvalue weighted by Crippen LogP contribution is -2.39. The van der Waals surface area contributed by atoms with Crippen molar-refractivity contribution in [3.8, 4) is 11.5 Å². The summed E-state index contributed by atoms with van der Waals surface area (Å²) in [6, 6.07) is 7.22. The van der Waals surface area contributed by atoms with E-state index in [4.69, 9.17) is 10.2 Å². The number of carboxylic acid groups (broad SMARTS) is 4. The molecule has 214 valence electrons. The molecule has 0 aromatic heterocycles. The van der Waals surface area contributed by atoms with Crippen molar-refractivity contribution in [3.05, 3.63) is 58.7 Å². The van der Waals surface area contributed by atoms with Crippen molar-refractivity contribution in [2.24, 2.45) is 0 Å². The molecular weight excluding hydrogens is 536 g/mol. The van der Waals surface area contributed by atoms with Gasteiger partial charge in [-0.2, -0.15) is 0 Å². The molecule has 0 atom stereocenters. The van der Waals surface area contributed by atoms with Gasteiger partial charge in [-0.1, -0.05) is 0 Å². The van der Waals surface area contributed by atoms with Crippen molar-refractivity contribution in [1.82, 2.24) is 9.80 Å². The number of phenols is 2. The van der Waals surface area contributed by atoms with Crippen LogP contribution in [-0.2, 0) is 22.7 Å². The van der Waals surface area contributed by atoms with Crippen molar-refractivity contribution < 1.29 is 66.2 Å². The third kappa shape index (κ3) is 11.8. The molecule has 2 rings (SSSR count). The SMILES string of the molecule is Cl.O.O.O.O=C(O)CN(CCN(CC(=O)O)Cc1cc(C(=O)O)ccc1O)Cc1cc(C(=O)O)ccc1O. The van der Waals surface area contributed by atoms with Crippen molar-refractivity contribution in [1.29, 1.82) is 0 Å². The molecule has 12 N–H and O–H groups in total. The zero-order valence-electron chi connectivity index (χ0n) is 19.8. The summed E-state index contributed by atoms with van der Waals surface area (Å²) in [7, 11) is 0. The Kier molecular flexibility index (Phi) is 17.7. The van der Waals surface area contributed by atoms with Gasteiger partial charge in [-0.3, -0.25) is 19.4 Å². The van der Waals surface area contributed by atoms with Crippen LogP contribution in [0.2, 0.25) is 0 Å². The van der Waals surface area contributed by atoms with Crippen LogP contribution < -0.4 is 0 Å². The summed E-state index contributed by atoms with van der Waals surface area (Å²) in [4.78, 5) is 47.8. The minimum atomic E-state index is -1.22.